The van der Waals surface area contributed by atoms with E-state index in [9.17, 15) is 10.1 Å². The van der Waals surface area contributed by atoms with Crippen molar-refractivity contribution in [3.63, 3.8) is 0 Å². The number of hydrogen-bond acceptors (Lipinski definition) is 6. The molecule has 170 valence electrons. The van der Waals surface area contributed by atoms with Crippen LogP contribution in [0.2, 0.25) is 0 Å². The van der Waals surface area contributed by atoms with E-state index in [1.165, 1.54) is 38.5 Å². The lowest BCUT2D eigenvalue weighted by Crippen LogP contribution is -2.53. The van der Waals surface area contributed by atoms with Gasteiger partial charge in [-0.15, -0.1) is 0 Å². The van der Waals surface area contributed by atoms with E-state index in [1.54, 1.807) is 6.07 Å². The number of anilines is 2. The van der Waals surface area contributed by atoms with E-state index in [1.807, 2.05) is 12.1 Å². The van der Waals surface area contributed by atoms with Crippen LogP contribution in [-0.4, -0.2) is 60.3 Å². The van der Waals surface area contributed by atoms with Crippen molar-refractivity contribution < 1.29 is 10.0 Å². The molecule has 5 aliphatic rings. The van der Waals surface area contributed by atoms with Crippen molar-refractivity contribution in [2.75, 3.05) is 49.5 Å². The minimum Gasteiger partial charge on any atom is -0.395 e. The SMILES string of the molecule is C[C@H](Nc1cc(N2CCN(CCO)CC2)ccc1[N+](=O)[O-])C12CC3CC(CC(C3)C1)C2. The largest absolute Gasteiger partial charge is 0.395 e. The number of aliphatic hydroxyl groups excluding tert-OH is 1. The second-order valence-corrected chi connectivity index (χ2v) is 10.7. The molecule has 0 unspecified atom stereocenters. The smallest absolute Gasteiger partial charge is 0.292 e. The average Bonchev–Trinajstić information content (AvgIpc) is 2.73. The van der Waals surface area contributed by atoms with Crippen LogP contribution in [0.15, 0.2) is 18.2 Å². The molecule has 1 heterocycles. The van der Waals surface area contributed by atoms with Gasteiger partial charge in [0, 0.05) is 50.5 Å². The van der Waals surface area contributed by atoms with Crippen LogP contribution < -0.4 is 10.2 Å². The minimum atomic E-state index is -0.252. The molecule has 4 bridgehead atoms. The molecule has 31 heavy (non-hydrogen) atoms. The van der Waals surface area contributed by atoms with Crippen molar-refractivity contribution in [1.82, 2.24) is 4.90 Å². The molecule has 1 aromatic carbocycles. The molecule has 1 aliphatic heterocycles. The quantitative estimate of drug-likeness (QED) is 0.509. The highest BCUT2D eigenvalue weighted by atomic mass is 16.6. The summed E-state index contributed by atoms with van der Waals surface area (Å²) >= 11 is 0. The molecule has 0 radical (unpaired) electrons. The van der Waals surface area contributed by atoms with Crippen LogP contribution >= 0.6 is 0 Å². The number of nitro benzene ring substituents is 1. The first-order valence-corrected chi connectivity index (χ1v) is 12.1. The van der Waals surface area contributed by atoms with Gasteiger partial charge in [-0.3, -0.25) is 15.0 Å². The monoisotopic (exact) mass is 428 g/mol. The summed E-state index contributed by atoms with van der Waals surface area (Å²) in [4.78, 5) is 16.1. The fraction of sp³-hybridized carbons (Fsp3) is 0.750. The number of benzene rings is 1. The summed E-state index contributed by atoms with van der Waals surface area (Å²) in [7, 11) is 0. The minimum absolute atomic E-state index is 0.180. The fourth-order valence-corrected chi connectivity index (χ4v) is 7.46. The van der Waals surface area contributed by atoms with Gasteiger partial charge >= 0.3 is 0 Å². The van der Waals surface area contributed by atoms with E-state index >= 15 is 0 Å². The fourth-order valence-electron chi connectivity index (χ4n) is 7.46. The van der Waals surface area contributed by atoms with Crippen molar-refractivity contribution in [2.24, 2.45) is 23.2 Å². The number of hydrogen-bond donors (Lipinski definition) is 2. The standard InChI is InChI=1S/C24H36N4O3/c1-17(24-14-18-10-19(15-24)12-20(11-18)16-24)25-22-13-21(2-3-23(22)28(30)31)27-6-4-26(5-7-27)8-9-29/h2-3,13,17-20,25,29H,4-12,14-16H2,1H3/t17-,18?,19?,20?,24?/m0/s1. The van der Waals surface area contributed by atoms with Crippen LogP contribution in [0.25, 0.3) is 0 Å². The molecule has 1 aromatic rings. The van der Waals surface area contributed by atoms with Gasteiger partial charge in [0.15, 0.2) is 0 Å². The lowest BCUT2D eigenvalue weighted by Gasteiger charge is -2.59. The molecule has 0 amide bonds. The lowest BCUT2D eigenvalue weighted by molar-refractivity contribution is -0.384. The third-order valence-corrected chi connectivity index (χ3v) is 8.71. The summed E-state index contributed by atoms with van der Waals surface area (Å²) in [5.74, 6) is 2.60. The Morgan fingerprint density at radius 1 is 1.13 bits per heavy atom. The number of nitrogens with one attached hydrogen (secondary N) is 1. The van der Waals surface area contributed by atoms with E-state index in [0.717, 1.165) is 49.6 Å². The van der Waals surface area contributed by atoms with Gasteiger partial charge in [-0.2, -0.15) is 0 Å². The number of aliphatic hydroxyl groups is 1. The summed E-state index contributed by atoms with van der Waals surface area (Å²) in [6.45, 7) is 6.73. The van der Waals surface area contributed by atoms with Crippen molar-refractivity contribution >= 4 is 17.1 Å². The third-order valence-electron chi connectivity index (χ3n) is 8.71. The Morgan fingerprint density at radius 2 is 1.74 bits per heavy atom. The van der Waals surface area contributed by atoms with Crippen LogP contribution in [-0.2, 0) is 0 Å². The molecule has 2 N–H and O–H groups in total. The zero-order chi connectivity index (χ0) is 21.6. The van der Waals surface area contributed by atoms with E-state index in [2.05, 4.69) is 22.0 Å². The number of β-amino-alcohol motifs (C(OH)–C–C–N with tert-alkyl or cyclic N) is 1. The maximum Gasteiger partial charge on any atom is 0.292 e. The molecule has 0 aromatic heterocycles. The molecule has 4 saturated carbocycles. The first-order valence-electron chi connectivity index (χ1n) is 12.1. The highest BCUT2D eigenvalue weighted by Crippen LogP contribution is 2.61. The van der Waals surface area contributed by atoms with Gasteiger partial charge in [0.05, 0.1) is 11.5 Å². The molecule has 4 aliphatic carbocycles. The highest BCUT2D eigenvalue weighted by molar-refractivity contribution is 5.69. The highest BCUT2D eigenvalue weighted by Gasteiger charge is 2.53. The molecule has 6 rings (SSSR count). The van der Waals surface area contributed by atoms with Crippen molar-refractivity contribution in [3.8, 4) is 0 Å². The maximum atomic E-state index is 11.8. The first kappa shape index (κ1) is 21.0. The van der Waals surface area contributed by atoms with Gasteiger partial charge < -0.3 is 15.3 Å². The molecule has 7 heteroatoms. The van der Waals surface area contributed by atoms with Crippen LogP contribution in [0.4, 0.5) is 17.1 Å². The number of piperazine rings is 1. The first-order chi connectivity index (χ1) is 15.0. The number of nitrogens with zero attached hydrogens (tertiary/aromatic N) is 3. The van der Waals surface area contributed by atoms with Gasteiger partial charge in [-0.1, -0.05) is 0 Å². The normalized spacial score (nSPS) is 33.5. The van der Waals surface area contributed by atoms with Crippen molar-refractivity contribution in [3.05, 3.63) is 28.3 Å². The third kappa shape index (κ3) is 4.02. The molecule has 5 fully saturated rings. The van der Waals surface area contributed by atoms with Crippen LogP contribution in [0, 0.1) is 33.3 Å². The van der Waals surface area contributed by atoms with Crippen LogP contribution in [0.1, 0.15) is 45.4 Å². The van der Waals surface area contributed by atoms with Crippen molar-refractivity contribution in [2.45, 2.75) is 51.5 Å². The Balaban J connectivity index is 1.34. The van der Waals surface area contributed by atoms with Gasteiger partial charge in [-0.25, -0.2) is 0 Å². The molecule has 0 spiro atoms. The zero-order valence-electron chi connectivity index (χ0n) is 18.6. The molecule has 7 nitrogen and oxygen atoms in total. The Kier molecular flexibility index (Phi) is 5.59. The molecular weight excluding hydrogens is 392 g/mol. The van der Waals surface area contributed by atoms with Crippen LogP contribution in [0.3, 0.4) is 0 Å². The second kappa shape index (κ2) is 8.24. The Bertz CT molecular complexity index is 786. The van der Waals surface area contributed by atoms with E-state index < -0.39 is 0 Å². The summed E-state index contributed by atoms with van der Waals surface area (Å²) in [5, 5.41) is 24.6. The Labute approximate surface area is 184 Å². The predicted octanol–water partition coefficient (Wildman–Crippen LogP) is 3.73. The topological polar surface area (TPSA) is 81.9 Å². The van der Waals surface area contributed by atoms with E-state index in [0.29, 0.717) is 17.6 Å². The summed E-state index contributed by atoms with van der Waals surface area (Å²) in [6.07, 6.45) is 8.08. The molecule has 1 atom stereocenters. The van der Waals surface area contributed by atoms with Crippen LogP contribution in [0.5, 0.6) is 0 Å². The molecular formula is C24H36N4O3. The molecule has 1 saturated heterocycles. The average molecular weight is 429 g/mol. The van der Waals surface area contributed by atoms with E-state index in [-0.39, 0.29) is 23.3 Å². The van der Waals surface area contributed by atoms with Gasteiger partial charge in [0.2, 0.25) is 0 Å². The summed E-state index contributed by atoms with van der Waals surface area (Å²) in [5.41, 5.74) is 2.20. The second-order valence-electron chi connectivity index (χ2n) is 10.7. The van der Waals surface area contributed by atoms with Crippen molar-refractivity contribution in [1.29, 1.82) is 0 Å². The van der Waals surface area contributed by atoms with E-state index in [4.69, 9.17) is 5.11 Å². The Morgan fingerprint density at radius 3 is 2.29 bits per heavy atom. The van der Waals surface area contributed by atoms with Gasteiger partial charge in [0.1, 0.15) is 5.69 Å². The lowest BCUT2D eigenvalue weighted by atomic mass is 9.48. The maximum absolute atomic E-state index is 11.8. The van der Waals surface area contributed by atoms with Gasteiger partial charge in [0.25, 0.3) is 5.69 Å². The zero-order valence-corrected chi connectivity index (χ0v) is 18.6. The summed E-state index contributed by atoms with van der Waals surface area (Å²) in [6, 6.07) is 5.80. The summed E-state index contributed by atoms with van der Waals surface area (Å²) < 4.78 is 0. The predicted molar refractivity (Wildman–Crippen MR) is 123 cm³/mol. The van der Waals surface area contributed by atoms with Gasteiger partial charge in [-0.05, 0) is 80.8 Å². The number of rotatable bonds is 7. The Hall–Kier alpha value is -1.86. The number of nitro groups is 1.